The van der Waals surface area contributed by atoms with E-state index in [9.17, 15) is 4.79 Å². The van der Waals surface area contributed by atoms with Crippen LogP contribution >= 0.6 is 0 Å². The molecule has 1 amide bonds. The molecular formula is C20H30N2O. The first kappa shape index (κ1) is 17.2. The van der Waals surface area contributed by atoms with Gasteiger partial charge in [-0.3, -0.25) is 9.78 Å². The minimum atomic E-state index is -0.0244. The standard InChI is InChI=1S/C20H26N2O.2H2/c1-6-15-11-18(14(2)21-12-15)16-7-9-17(10-8-16)19(23)22-13-20(3,4)5;;/h7-12H,6,13H2,1-5H3,(H,22,23);2*1H. The van der Waals surface area contributed by atoms with E-state index >= 15 is 0 Å². The van der Waals surface area contributed by atoms with Gasteiger partial charge in [-0.15, -0.1) is 0 Å². The van der Waals surface area contributed by atoms with Crippen LogP contribution in [-0.4, -0.2) is 17.4 Å². The smallest absolute Gasteiger partial charge is 0.251 e. The van der Waals surface area contributed by atoms with E-state index in [1.807, 2.05) is 37.4 Å². The van der Waals surface area contributed by atoms with E-state index in [0.717, 1.165) is 23.2 Å². The molecule has 1 aromatic carbocycles. The van der Waals surface area contributed by atoms with Crippen LogP contribution in [0.1, 0.15) is 52.2 Å². The number of amides is 1. The Morgan fingerprint density at radius 3 is 2.43 bits per heavy atom. The molecule has 0 aliphatic rings. The van der Waals surface area contributed by atoms with Crippen LogP contribution in [0.15, 0.2) is 36.5 Å². The number of carbonyl (C=O) groups is 1. The molecule has 3 nitrogen and oxygen atoms in total. The number of pyridine rings is 1. The molecule has 1 N–H and O–H groups in total. The predicted octanol–water partition coefficient (Wildman–Crippen LogP) is 4.89. The third-order valence-electron chi connectivity index (χ3n) is 3.79. The van der Waals surface area contributed by atoms with Crippen molar-refractivity contribution in [1.29, 1.82) is 0 Å². The predicted molar refractivity (Wildman–Crippen MR) is 99.8 cm³/mol. The summed E-state index contributed by atoms with van der Waals surface area (Å²) >= 11 is 0. The zero-order valence-corrected chi connectivity index (χ0v) is 14.7. The molecule has 0 saturated carbocycles. The van der Waals surface area contributed by atoms with Gasteiger partial charge in [0.2, 0.25) is 0 Å². The number of hydrogen-bond acceptors (Lipinski definition) is 2. The lowest BCUT2D eigenvalue weighted by Crippen LogP contribution is -2.32. The third kappa shape index (κ3) is 4.65. The zero-order valence-electron chi connectivity index (χ0n) is 14.7. The Hall–Kier alpha value is -2.16. The zero-order chi connectivity index (χ0) is 17.0. The maximum absolute atomic E-state index is 12.2. The molecule has 0 atom stereocenters. The van der Waals surface area contributed by atoms with Gasteiger partial charge in [0.15, 0.2) is 0 Å². The molecule has 0 saturated heterocycles. The third-order valence-corrected chi connectivity index (χ3v) is 3.79. The van der Waals surface area contributed by atoms with Crippen molar-refractivity contribution in [3.63, 3.8) is 0 Å². The molecule has 1 aromatic heterocycles. The fourth-order valence-corrected chi connectivity index (χ4v) is 2.31. The van der Waals surface area contributed by atoms with Crippen LogP contribution in [0.3, 0.4) is 0 Å². The largest absolute Gasteiger partial charge is 0.352 e. The molecule has 3 heteroatoms. The minimum Gasteiger partial charge on any atom is -0.352 e. The molecule has 0 aliphatic carbocycles. The highest BCUT2D eigenvalue weighted by atomic mass is 16.1. The quantitative estimate of drug-likeness (QED) is 0.873. The molecule has 0 aliphatic heterocycles. The fraction of sp³-hybridized carbons (Fsp3) is 0.400. The molecular weight excluding hydrogens is 284 g/mol. The van der Waals surface area contributed by atoms with E-state index in [4.69, 9.17) is 0 Å². The molecule has 0 spiro atoms. The van der Waals surface area contributed by atoms with Gasteiger partial charge in [-0.2, -0.15) is 0 Å². The first-order valence-corrected chi connectivity index (χ1v) is 8.14. The lowest BCUT2D eigenvalue weighted by molar-refractivity contribution is 0.0939. The minimum absolute atomic E-state index is 0. The highest BCUT2D eigenvalue weighted by molar-refractivity contribution is 5.94. The fourth-order valence-electron chi connectivity index (χ4n) is 2.31. The summed E-state index contributed by atoms with van der Waals surface area (Å²) in [4.78, 5) is 16.6. The summed E-state index contributed by atoms with van der Waals surface area (Å²) in [6.07, 6.45) is 2.89. The van der Waals surface area contributed by atoms with Gasteiger partial charge in [0.1, 0.15) is 0 Å². The molecule has 2 rings (SSSR count). The van der Waals surface area contributed by atoms with Gasteiger partial charge in [-0.25, -0.2) is 0 Å². The number of aryl methyl sites for hydroxylation is 2. The highest BCUT2D eigenvalue weighted by Crippen LogP contribution is 2.24. The van der Waals surface area contributed by atoms with Gasteiger partial charge in [0.25, 0.3) is 5.91 Å². The Kier molecular flexibility index (Phi) is 5.19. The lowest BCUT2D eigenvalue weighted by Gasteiger charge is -2.18. The second-order valence-electron chi connectivity index (χ2n) is 7.15. The van der Waals surface area contributed by atoms with Crippen molar-refractivity contribution in [2.24, 2.45) is 5.41 Å². The van der Waals surface area contributed by atoms with E-state index < -0.39 is 0 Å². The molecule has 0 bridgehead atoms. The second kappa shape index (κ2) is 6.95. The van der Waals surface area contributed by atoms with E-state index in [-0.39, 0.29) is 14.2 Å². The van der Waals surface area contributed by atoms with Crippen LogP contribution < -0.4 is 5.32 Å². The number of rotatable bonds is 4. The maximum Gasteiger partial charge on any atom is 0.251 e. The number of hydrogen-bond donors (Lipinski definition) is 1. The van der Waals surface area contributed by atoms with Crippen molar-refractivity contribution in [3.8, 4) is 11.1 Å². The molecule has 1 heterocycles. The molecule has 0 radical (unpaired) electrons. The number of nitrogens with zero attached hydrogens (tertiary/aromatic N) is 1. The van der Waals surface area contributed by atoms with Crippen LogP contribution in [-0.2, 0) is 6.42 Å². The summed E-state index contributed by atoms with van der Waals surface area (Å²) in [5.74, 6) is -0.0244. The van der Waals surface area contributed by atoms with E-state index in [2.05, 4.69) is 44.1 Å². The van der Waals surface area contributed by atoms with E-state index in [0.29, 0.717) is 12.1 Å². The maximum atomic E-state index is 12.2. The van der Waals surface area contributed by atoms with Gasteiger partial charge in [0, 0.05) is 32.4 Å². The van der Waals surface area contributed by atoms with Crippen LogP contribution in [0.5, 0.6) is 0 Å². The van der Waals surface area contributed by atoms with Gasteiger partial charge < -0.3 is 5.32 Å². The summed E-state index contributed by atoms with van der Waals surface area (Å²) in [6, 6.07) is 9.93. The van der Waals surface area contributed by atoms with E-state index in [1.54, 1.807) is 0 Å². The van der Waals surface area contributed by atoms with Crippen molar-refractivity contribution in [3.05, 3.63) is 53.3 Å². The second-order valence-corrected chi connectivity index (χ2v) is 7.15. The van der Waals surface area contributed by atoms with Gasteiger partial charge >= 0.3 is 0 Å². The number of nitrogens with one attached hydrogen (secondary N) is 1. The number of benzene rings is 1. The monoisotopic (exact) mass is 314 g/mol. The van der Waals surface area contributed by atoms with Gasteiger partial charge in [0.05, 0.1) is 0 Å². The Bertz CT molecular complexity index is 692. The van der Waals surface area contributed by atoms with Gasteiger partial charge in [-0.1, -0.05) is 39.8 Å². The summed E-state index contributed by atoms with van der Waals surface area (Å²) in [7, 11) is 0. The molecule has 23 heavy (non-hydrogen) atoms. The molecule has 0 unspecified atom stereocenters. The van der Waals surface area contributed by atoms with E-state index in [1.165, 1.54) is 5.56 Å². The van der Waals surface area contributed by atoms with Crippen molar-refractivity contribution in [2.45, 2.75) is 41.0 Å². The Morgan fingerprint density at radius 1 is 1.22 bits per heavy atom. The molecule has 2 aromatic rings. The van der Waals surface area contributed by atoms with Crippen molar-refractivity contribution >= 4 is 5.91 Å². The summed E-state index contributed by atoms with van der Waals surface area (Å²) < 4.78 is 0. The first-order chi connectivity index (χ1) is 10.8. The number of aromatic nitrogens is 1. The van der Waals surface area contributed by atoms with Crippen LogP contribution in [0.4, 0.5) is 0 Å². The Balaban J connectivity index is 0.00000288. The molecule has 126 valence electrons. The Morgan fingerprint density at radius 2 is 1.87 bits per heavy atom. The average Bonchev–Trinajstić information content (AvgIpc) is 2.52. The van der Waals surface area contributed by atoms with Crippen LogP contribution in [0.2, 0.25) is 0 Å². The first-order valence-electron chi connectivity index (χ1n) is 8.14. The lowest BCUT2D eigenvalue weighted by atomic mass is 9.96. The Labute approximate surface area is 142 Å². The molecule has 0 fully saturated rings. The number of carbonyl (C=O) groups excluding carboxylic acids is 1. The summed E-state index contributed by atoms with van der Waals surface area (Å²) in [5, 5.41) is 2.98. The van der Waals surface area contributed by atoms with Crippen LogP contribution in [0, 0.1) is 12.3 Å². The van der Waals surface area contributed by atoms with Crippen molar-refractivity contribution in [2.75, 3.05) is 6.54 Å². The van der Waals surface area contributed by atoms with Crippen molar-refractivity contribution in [1.82, 2.24) is 10.3 Å². The highest BCUT2D eigenvalue weighted by Gasteiger charge is 2.13. The topological polar surface area (TPSA) is 42.0 Å². The summed E-state index contributed by atoms with van der Waals surface area (Å²) in [5.41, 5.74) is 5.22. The SMILES string of the molecule is CCc1cnc(C)c(-c2ccc(C(=O)NCC(C)(C)C)cc2)c1.[HH].[HH]. The normalized spacial score (nSPS) is 11.3. The average molecular weight is 314 g/mol. The van der Waals surface area contributed by atoms with Crippen LogP contribution in [0.25, 0.3) is 11.1 Å². The van der Waals surface area contributed by atoms with Gasteiger partial charge in [-0.05, 0) is 48.1 Å². The van der Waals surface area contributed by atoms with Crippen molar-refractivity contribution < 1.29 is 7.65 Å². The summed E-state index contributed by atoms with van der Waals surface area (Å²) in [6.45, 7) is 11.1.